The van der Waals surface area contributed by atoms with Gasteiger partial charge in [0.2, 0.25) is 0 Å². The molecule has 1 aliphatic rings. The summed E-state index contributed by atoms with van der Waals surface area (Å²) in [5, 5.41) is 3.27. The van der Waals surface area contributed by atoms with E-state index in [0.717, 1.165) is 24.4 Å². The first-order valence-corrected chi connectivity index (χ1v) is 14.2. The van der Waals surface area contributed by atoms with Crippen LogP contribution in [0, 0.1) is 5.92 Å². The second-order valence-electron chi connectivity index (χ2n) is 9.91. The Morgan fingerprint density at radius 1 is 1.21 bits per heavy atom. The molecule has 2 amide bonds. The fourth-order valence-electron chi connectivity index (χ4n) is 3.57. The number of amides is 2. The van der Waals surface area contributed by atoms with Gasteiger partial charge in [-0.05, 0) is 48.2 Å². The SMILES string of the molecule is CC(C)(C)[Si](C)(C)OCCNC(=O)N(CCC1CCCCC1)Cc1ccncc1. The zero-order valence-electron chi connectivity index (χ0n) is 19.2. The van der Waals surface area contributed by atoms with Crippen LogP contribution in [0.1, 0.15) is 64.9 Å². The molecule has 1 N–H and O–H groups in total. The quantitative estimate of drug-likeness (QED) is 0.419. The third kappa shape index (κ3) is 8.09. The Balaban J connectivity index is 1.86. The van der Waals surface area contributed by atoms with Gasteiger partial charge in [0.25, 0.3) is 0 Å². The number of hydrogen-bond acceptors (Lipinski definition) is 3. The Hall–Kier alpha value is -1.40. The number of carbonyl (C=O) groups is 1. The Morgan fingerprint density at radius 3 is 2.48 bits per heavy atom. The predicted octanol–water partition coefficient (Wildman–Crippen LogP) is 5.59. The lowest BCUT2D eigenvalue weighted by atomic mass is 9.87. The molecule has 164 valence electrons. The van der Waals surface area contributed by atoms with E-state index in [1.54, 1.807) is 12.4 Å². The van der Waals surface area contributed by atoms with Crippen LogP contribution in [0.25, 0.3) is 0 Å². The number of carbonyl (C=O) groups excluding carboxylic acids is 1. The number of pyridine rings is 1. The molecular weight excluding hydrogens is 378 g/mol. The van der Waals surface area contributed by atoms with E-state index >= 15 is 0 Å². The molecule has 0 saturated heterocycles. The molecule has 0 bridgehead atoms. The molecule has 5 nitrogen and oxygen atoms in total. The predicted molar refractivity (Wildman–Crippen MR) is 122 cm³/mol. The average molecular weight is 420 g/mol. The van der Waals surface area contributed by atoms with Gasteiger partial charge in [0.15, 0.2) is 8.32 Å². The van der Waals surface area contributed by atoms with Crippen molar-refractivity contribution < 1.29 is 9.22 Å². The fourth-order valence-corrected chi connectivity index (χ4v) is 4.61. The molecule has 0 radical (unpaired) electrons. The Morgan fingerprint density at radius 2 is 1.86 bits per heavy atom. The first-order chi connectivity index (χ1) is 13.7. The summed E-state index contributed by atoms with van der Waals surface area (Å²) in [6.07, 6.45) is 11.3. The summed E-state index contributed by atoms with van der Waals surface area (Å²) in [4.78, 5) is 18.9. The van der Waals surface area contributed by atoms with Gasteiger partial charge in [-0.1, -0.05) is 52.9 Å². The van der Waals surface area contributed by atoms with Crippen molar-refractivity contribution in [2.45, 2.75) is 84.0 Å². The molecule has 1 heterocycles. The highest BCUT2D eigenvalue weighted by atomic mass is 28.4. The largest absolute Gasteiger partial charge is 0.415 e. The summed E-state index contributed by atoms with van der Waals surface area (Å²) in [6.45, 7) is 13.8. The number of aromatic nitrogens is 1. The summed E-state index contributed by atoms with van der Waals surface area (Å²) in [7, 11) is -1.77. The maximum Gasteiger partial charge on any atom is 0.317 e. The normalized spacial score (nSPS) is 15.9. The van der Waals surface area contributed by atoms with Crippen LogP contribution < -0.4 is 5.32 Å². The first-order valence-electron chi connectivity index (χ1n) is 11.2. The molecule has 1 fully saturated rings. The van der Waals surface area contributed by atoms with Crippen LogP contribution in [-0.4, -0.2) is 43.9 Å². The maximum atomic E-state index is 12.9. The van der Waals surface area contributed by atoms with Gasteiger partial charge in [-0.25, -0.2) is 4.79 Å². The lowest BCUT2D eigenvalue weighted by molar-refractivity contribution is 0.183. The number of nitrogens with zero attached hydrogens (tertiary/aromatic N) is 2. The molecule has 1 aliphatic carbocycles. The topological polar surface area (TPSA) is 54.5 Å². The molecule has 2 rings (SSSR count). The van der Waals surface area contributed by atoms with Crippen LogP contribution in [0.15, 0.2) is 24.5 Å². The Labute approximate surface area is 178 Å². The van der Waals surface area contributed by atoms with Crippen molar-refractivity contribution in [2.24, 2.45) is 5.92 Å². The smallest absolute Gasteiger partial charge is 0.317 e. The lowest BCUT2D eigenvalue weighted by Crippen LogP contribution is -2.45. The van der Waals surface area contributed by atoms with Crippen LogP contribution >= 0.6 is 0 Å². The zero-order valence-corrected chi connectivity index (χ0v) is 20.2. The Kier molecular flexibility index (Phi) is 9.15. The van der Waals surface area contributed by atoms with Gasteiger partial charge < -0.3 is 14.6 Å². The van der Waals surface area contributed by atoms with E-state index in [-0.39, 0.29) is 11.1 Å². The Bertz CT molecular complexity index is 610. The van der Waals surface area contributed by atoms with Crippen LogP contribution in [0.4, 0.5) is 4.79 Å². The number of urea groups is 1. The van der Waals surface area contributed by atoms with Crippen molar-refractivity contribution >= 4 is 14.3 Å². The highest BCUT2D eigenvalue weighted by Gasteiger charge is 2.36. The second-order valence-corrected chi connectivity index (χ2v) is 14.7. The van der Waals surface area contributed by atoms with E-state index in [1.165, 1.54) is 32.1 Å². The van der Waals surface area contributed by atoms with E-state index in [9.17, 15) is 4.79 Å². The maximum absolute atomic E-state index is 12.9. The summed E-state index contributed by atoms with van der Waals surface area (Å²) in [6, 6.07) is 3.99. The van der Waals surface area contributed by atoms with Gasteiger partial charge in [0.05, 0.1) is 6.61 Å². The van der Waals surface area contributed by atoms with Crippen molar-refractivity contribution in [3.63, 3.8) is 0 Å². The minimum Gasteiger partial charge on any atom is -0.415 e. The summed E-state index contributed by atoms with van der Waals surface area (Å²) in [5.74, 6) is 0.762. The summed E-state index contributed by atoms with van der Waals surface area (Å²) in [5.41, 5.74) is 1.12. The molecule has 0 unspecified atom stereocenters. The third-order valence-corrected chi connectivity index (χ3v) is 11.1. The van der Waals surface area contributed by atoms with Gasteiger partial charge in [-0.3, -0.25) is 4.98 Å². The molecule has 29 heavy (non-hydrogen) atoms. The van der Waals surface area contributed by atoms with Gasteiger partial charge >= 0.3 is 6.03 Å². The van der Waals surface area contributed by atoms with E-state index in [1.807, 2.05) is 17.0 Å². The highest BCUT2D eigenvalue weighted by Crippen LogP contribution is 2.36. The van der Waals surface area contributed by atoms with Gasteiger partial charge in [-0.2, -0.15) is 0 Å². The number of rotatable bonds is 9. The van der Waals surface area contributed by atoms with E-state index in [0.29, 0.717) is 19.7 Å². The van der Waals surface area contributed by atoms with E-state index in [2.05, 4.69) is 44.2 Å². The fraction of sp³-hybridized carbons (Fsp3) is 0.739. The van der Waals surface area contributed by atoms with Crippen LogP contribution in [0.2, 0.25) is 18.1 Å². The minimum atomic E-state index is -1.77. The summed E-state index contributed by atoms with van der Waals surface area (Å²) >= 11 is 0. The minimum absolute atomic E-state index is 0.0106. The molecule has 1 aromatic rings. The van der Waals surface area contributed by atoms with Crippen LogP contribution in [-0.2, 0) is 11.0 Å². The summed E-state index contributed by atoms with van der Waals surface area (Å²) < 4.78 is 6.19. The lowest BCUT2D eigenvalue weighted by Gasteiger charge is -2.36. The van der Waals surface area contributed by atoms with Crippen molar-refractivity contribution in [3.05, 3.63) is 30.1 Å². The average Bonchev–Trinajstić information content (AvgIpc) is 2.69. The van der Waals surface area contributed by atoms with Gasteiger partial charge in [0, 0.05) is 32.0 Å². The molecule has 6 heteroatoms. The van der Waals surface area contributed by atoms with Crippen molar-refractivity contribution in [1.82, 2.24) is 15.2 Å². The monoisotopic (exact) mass is 419 g/mol. The highest BCUT2D eigenvalue weighted by molar-refractivity contribution is 6.74. The molecule has 0 aliphatic heterocycles. The molecule has 1 aromatic heterocycles. The number of nitrogens with one attached hydrogen (secondary N) is 1. The third-order valence-electron chi connectivity index (χ3n) is 6.59. The van der Waals surface area contributed by atoms with Crippen molar-refractivity contribution in [3.8, 4) is 0 Å². The van der Waals surface area contributed by atoms with E-state index < -0.39 is 8.32 Å². The van der Waals surface area contributed by atoms with E-state index in [4.69, 9.17) is 4.43 Å². The molecule has 1 saturated carbocycles. The first kappa shape index (κ1) is 23.9. The molecular formula is C23H41N3O2Si. The second kappa shape index (κ2) is 11.1. The van der Waals surface area contributed by atoms with Gasteiger partial charge in [-0.15, -0.1) is 0 Å². The standard InChI is InChI=1S/C23H41N3O2Si/c1-23(2,3)29(4,5)28-18-16-25-22(27)26(19-21-11-14-24-15-12-21)17-13-20-9-7-6-8-10-20/h11-12,14-15,20H,6-10,13,16-19H2,1-5H3,(H,25,27). The number of hydrogen-bond donors (Lipinski definition) is 1. The zero-order chi connectivity index (χ0) is 21.3. The van der Waals surface area contributed by atoms with Crippen molar-refractivity contribution in [1.29, 1.82) is 0 Å². The van der Waals surface area contributed by atoms with Crippen LogP contribution in [0.3, 0.4) is 0 Å². The molecule has 0 atom stereocenters. The van der Waals surface area contributed by atoms with Crippen molar-refractivity contribution in [2.75, 3.05) is 19.7 Å². The van der Waals surface area contributed by atoms with Crippen LogP contribution in [0.5, 0.6) is 0 Å². The molecule has 0 spiro atoms. The van der Waals surface area contributed by atoms with Gasteiger partial charge in [0.1, 0.15) is 0 Å². The molecule has 0 aromatic carbocycles.